The minimum atomic E-state index is -0.623. The molecule has 7 nitrogen and oxygen atoms in total. The molecule has 0 spiro atoms. The Kier molecular flexibility index (Phi) is 4.92. The molecule has 132 valence electrons. The van der Waals surface area contributed by atoms with Gasteiger partial charge in [0.15, 0.2) is 0 Å². The zero-order chi connectivity index (χ0) is 18.8. The molecular formula is C17H11Cl2N3O4. The van der Waals surface area contributed by atoms with Crippen LogP contribution in [0.25, 0.3) is 6.08 Å². The number of nitrogens with zero attached hydrogens (tertiary/aromatic N) is 3. The molecule has 0 saturated heterocycles. The van der Waals surface area contributed by atoms with Crippen molar-refractivity contribution in [2.75, 3.05) is 5.01 Å². The quantitative estimate of drug-likeness (QED) is 0.422. The number of carbonyl (C=O) groups is 1. The van der Waals surface area contributed by atoms with Crippen LogP contribution in [0.4, 0.5) is 11.6 Å². The molecule has 0 saturated carbocycles. The smallest absolute Gasteiger partial charge is 0.401 e. The number of anilines is 1. The summed E-state index contributed by atoms with van der Waals surface area (Å²) in [5.41, 5.74) is 1.40. The maximum atomic E-state index is 12.6. The van der Waals surface area contributed by atoms with E-state index >= 15 is 0 Å². The molecule has 0 N–H and O–H groups in total. The lowest BCUT2D eigenvalue weighted by Crippen LogP contribution is -2.21. The van der Waals surface area contributed by atoms with E-state index in [1.165, 1.54) is 23.2 Å². The van der Waals surface area contributed by atoms with Gasteiger partial charge in [0.05, 0.1) is 33.1 Å². The number of amides is 1. The average Bonchev–Trinajstić information content (AvgIpc) is 3.17. The lowest BCUT2D eigenvalue weighted by molar-refractivity contribution is -0.402. The van der Waals surface area contributed by atoms with Gasteiger partial charge in [-0.3, -0.25) is 14.9 Å². The van der Waals surface area contributed by atoms with Crippen molar-refractivity contribution in [1.29, 1.82) is 0 Å². The van der Waals surface area contributed by atoms with Crippen molar-refractivity contribution in [1.82, 2.24) is 0 Å². The molecule has 1 aliphatic heterocycles. The number of hydrogen-bond donors (Lipinski definition) is 0. The van der Waals surface area contributed by atoms with Crippen molar-refractivity contribution in [2.45, 2.75) is 6.92 Å². The van der Waals surface area contributed by atoms with Crippen LogP contribution in [0.1, 0.15) is 12.7 Å². The monoisotopic (exact) mass is 391 g/mol. The van der Waals surface area contributed by atoms with Gasteiger partial charge < -0.3 is 4.42 Å². The minimum absolute atomic E-state index is 0.301. The fourth-order valence-electron chi connectivity index (χ4n) is 2.27. The number of rotatable bonds is 4. The van der Waals surface area contributed by atoms with Crippen LogP contribution >= 0.6 is 23.2 Å². The predicted molar refractivity (Wildman–Crippen MR) is 99.5 cm³/mol. The highest BCUT2D eigenvalue weighted by molar-refractivity contribution is 6.42. The van der Waals surface area contributed by atoms with Gasteiger partial charge >= 0.3 is 5.88 Å². The highest BCUT2D eigenvalue weighted by atomic mass is 35.5. The second-order valence-corrected chi connectivity index (χ2v) is 6.09. The number of hydrazone groups is 1. The molecule has 1 aromatic carbocycles. The van der Waals surface area contributed by atoms with Gasteiger partial charge in [0.25, 0.3) is 5.91 Å². The number of nitro groups is 1. The summed E-state index contributed by atoms with van der Waals surface area (Å²) in [4.78, 5) is 22.5. The zero-order valence-electron chi connectivity index (χ0n) is 13.3. The van der Waals surface area contributed by atoms with E-state index in [0.29, 0.717) is 32.8 Å². The Balaban J connectivity index is 1.80. The van der Waals surface area contributed by atoms with Crippen molar-refractivity contribution in [2.24, 2.45) is 5.10 Å². The summed E-state index contributed by atoms with van der Waals surface area (Å²) in [6.45, 7) is 1.70. The number of furan rings is 1. The summed E-state index contributed by atoms with van der Waals surface area (Å²) in [5, 5.41) is 16.8. The molecule has 3 rings (SSSR count). The van der Waals surface area contributed by atoms with E-state index < -0.39 is 4.92 Å². The van der Waals surface area contributed by atoms with Crippen LogP contribution in [0, 0.1) is 10.1 Å². The van der Waals surface area contributed by atoms with Gasteiger partial charge in [-0.15, -0.1) is 0 Å². The van der Waals surface area contributed by atoms with Crippen molar-refractivity contribution in [3.8, 4) is 0 Å². The van der Waals surface area contributed by atoms with E-state index in [1.54, 1.807) is 37.3 Å². The fraction of sp³-hybridized carbons (Fsp3) is 0.0588. The minimum Gasteiger partial charge on any atom is -0.401 e. The molecule has 1 amide bonds. The van der Waals surface area contributed by atoms with E-state index in [-0.39, 0.29) is 11.8 Å². The number of allylic oxidation sites excluding steroid dienone is 2. The first-order chi connectivity index (χ1) is 12.4. The van der Waals surface area contributed by atoms with Gasteiger partial charge in [0, 0.05) is 0 Å². The Morgan fingerprint density at radius 1 is 1.23 bits per heavy atom. The second kappa shape index (κ2) is 7.15. The normalized spacial score (nSPS) is 16.0. The number of hydrogen-bond acceptors (Lipinski definition) is 5. The Morgan fingerprint density at radius 3 is 2.65 bits per heavy atom. The number of benzene rings is 1. The maximum Gasteiger partial charge on any atom is 0.433 e. The zero-order valence-corrected chi connectivity index (χ0v) is 14.9. The Hall–Kier alpha value is -2.90. The van der Waals surface area contributed by atoms with Crippen LogP contribution in [-0.2, 0) is 4.79 Å². The van der Waals surface area contributed by atoms with Gasteiger partial charge in [-0.25, -0.2) is 0 Å². The topological polar surface area (TPSA) is 89.0 Å². The summed E-state index contributed by atoms with van der Waals surface area (Å²) in [6, 6.07) is 7.50. The molecule has 1 aliphatic rings. The molecule has 0 atom stereocenters. The lowest BCUT2D eigenvalue weighted by Gasteiger charge is -2.12. The lowest BCUT2D eigenvalue weighted by atomic mass is 10.1. The number of halogens is 2. The second-order valence-electron chi connectivity index (χ2n) is 5.27. The van der Waals surface area contributed by atoms with Gasteiger partial charge in [0.1, 0.15) is 10.7 Å². The summed E-state index contributed by atoms with van der Waals surface area (Å²) >= 11 is 11.9. The number of carbonyl (C=O) groups excluding carboxylic acids is 1. The third-order valence-electron chi connectivity index (χ3n) is 3.53. The van der Waals surface area contributed by atoms with Crippen LogP contribution in [0.3, 0.4) is 0 Å². The Labute approximate surface area is 157 Å². The Bertz CT molecular complexity index is 992. The summed E-state index contributed by atoms with van der Waals surface area (Å²) < 4.78 is 5.01. The van der Waals surface area contributed by atoms with Crippen LogP contribution in [0.15, 0.2) is 57.6 Å². The van der Waals surface area contributed by atoms with Crippen molar-refractivity contribution >= 4 is 52.5 Å². The van der Waals surface area contributed by atoms with Gasteiger partial charge in [-0.1, -0.05) is 29.3 Å². The largest absolute Gasteiger partial charge is 0.433 e. The molecule has 0 radical (unpaired) electrons. The Morgan fingerprint density at radius 2 is 2.00 bits per heavy atom. The maximum absolute atomic E-state index is 12.6. The molecular weight excluding hydrogens is 381 g/mol. The summed E-state index contributed by atoms with van der Waals surface area (Å²) in [7, 11) is 0. The van der Waals surface area contributed by atoms with E-state index in [2.05, 4.69) is 5.10 Å². The van der Waals surface area contributed by atoms with Crippen LogP contribution in [-0.4, -0.2) is 16.5 Å². The molecule has 0 unspecified atom stereocenters. The molecule has 26 heavy (non-hydrogen) atoms. The SMILES string of the molecule is CC1=NN(c2ccc(Cl)c(Cl)c2)C(=O)/C1=C/C=C/c1ccc([N+](=O)[O-])o1. The molecule has 0 bridgehead atoms. The third-order valence-corrected chi connectivity index (χ3v) is 4.27. The van der Waals surface area contributed by atoms with E-state index in [4.69, 9.17) is 27.6 Å². The van der Waals surface area contributed by atoms with E-state index in [0.717, 1.165) is 0 Å². The first kappa shape index (κ1) is 17.9. The molecule has 1 aromatic heterocycles. The van der Waals surface area contributed by atoms with Crippen LogP contribution < -0.4 is 5.01 Å². The summed E-state index contributed by atoms with van der Waals surface area (Å²) in [5.74, 6) is -0.372. The van der Waals surface area contributed by atoms with Crippen molar-refractivity contribution in [3.63, 3.8) is 0 Å². The standard InChI is InChI=1S/C17H11Cl2N3O4/c1-10-13(4-2-3-12-6-8-16(26-12)22(24)25)17(23)21(20-10)11-5-7-14(18)15(19)9-11/h2-9H,1H3/b3-2+,13-4+. The fourth-order valence-corrected chi connectivity index (χ4v) is 2.56. The molecule has 2 heterocycles. The molecule has 2 aromatic rings. The van der Waals surface area contributed by atoms with Crippen LogP contribution in [0.2, 0.25) is 10.0 Å². The first-order valence-electron chi connectivity index (χ1n) is 7.34. The predicted octanol–water partition coefficient (Wildman–Crippen LogP) is 4.86. The highest BCUT2D eigenvalue weighted by Gasteiger charge is 2.28. The van der Waals surface area contributed by atoms with Gasteiger partial charge in [-0.2, -0.15) is 10.1 Å². The van der Waals surface area contributed by atoms with Crippen LogP contribution in [0.5, 0.6) is 0 Å². The third kappa shape index (κ3) is 3.54. The highest BCUT2D eigenvalue weighted by Crippen LogP contribution is 2.30. The van der Waals surface area contributed by atoms with Crippen molar-refractivity contribution < 1.29 is 14.1 Å². The molecule has 9 heteroatoms. The average molecular weight is 392 g/mol. The van der Waals surface area contributed by atoms with E-state index in [9.17, 15) is 14.9 Å². The van der Waals surface area contributed by atoms with Gasteiger partial charge in [-0.05, 0) is 43.3 Å². The van der Waals surface area contributed by atoms with E-state index in [1.807, 2.05) is 0 Å². The van der Waals surface area contributed by atoms with Crippen molar-refractivity contribution in [3.05, 3.63) is 74.0 Å². The molecule has 0 fully saturated rings. The molecule has 0 aliphatic carbocycles. The first-order valence-corrected chi connectivity index (χ1v) is 8.10. The van der Waals surface area contributed by atoms with Gasteiger partial charge in [0.2, 0.25) is 0 Å². The summed E-state index contributed by atoms with van der Waals surface area (Å²) in [6.07, 6.45) is 4.64.